The summed E-state index contributed by atoms with van der Waals surface area (Å²) in [4.78, 5) is 13.4. The maximum atomic E-state index is 13.9. The van der Waals surface area contributed by atoms with Gasteiger partial charge >= 0.3 is 5.97 Å². The zero-order chi connectivity index (χ0) is 27.4. The van der Waals surface area contributed by atoms with E-state index in [1.165, 1.54) is 30.3 Å². The summed E-state index contributed by atoms with van der Waals surface area (Å²) in [5.41, 5.74) is 1.63. The molecule has 0 spiro atoms. The van der Waals surface area contributed by atoms with Gasteiger partial charge in [0.25, 0.3) is 0 Å². The first-order valence-electron chi connectivity index (χ1n) is 12.0. The number of hydrogen-bond donors (Lipinski definition) is 1. The Bertz CT molecular complexity index is 1380. The molecule has 0 saturated carbocycles. The van der Waals surface area contributed by atoms with Crippen molar-refractivity contribution >= 4 is 27.8 Å². The minimum absolute atomic E-state index is 0.124. The van der Waals surface area contributed by atoms with Crippen LogP contribution in [0.15, 0.2) is 76.5 Å². The zero-order valence-electron chi connectivity index (χ0n) is 21.7. The molecule has 1 heterocycles. The van der Waals surface area contributed by atoms with E-state index in [0.29, 0.717) is 22.8 Å². The van der Waals surface area contributed by atoms with E-state index in [0.717, 1.165) is 10.5 Å². The number of nitrogens with zero attached hydrogens (tertiary/aromatic N) is 1. The number of thioether (sulfide) groups is 1. The summed E-state index contributed by atoms with van der Waals surface area (Å²) in [6.45, 7) is 1.71. The third kappa shape index (κ3) is 5.77. The van der Waals surface area contributed by atoms with Gasteiger partial charge < -0.3 is 19.3 Å². The highest BCUT2D eigenvalue weighted by molar-refractivity contribution is 8.00. The molecule has 1 saturated heterocycles. The number of carboxylic acid groups (broad SMARTS) is 1. The summed E-state index contributed by atoms with van der Waals surface area (Å²) >= 11 is 1.43. The fraction of sp³-hybridized carbons (Fsp3) is 0.321. The van der Waals surface area contributed by atoms with Crippen LogP contribution in [0.3, 0.4) is 0 Å². The number of ether oxygens (including phenoxy) is 3. The fourth-order valence-electron chi connectivity index (χ4n) is 4.61. The van der Waals surface area contributed by atoms with E-state index in [9.17, 15) is 18.3 Å². The van der Waals surface area contributed by atoms with E-state index in [2.05, 4.69) is 0 Å². The number of sulfonamides is 1. The van der Waals surface area contributed by atoms with E-state index in [1.807, 2.05) is 31.2 Å². The van der Waals surface area contributed by atoms with Gasteiger partial charge in [-0.15, -0.1) is 11.8 Å². The Balaban J connectivity index is 1.78. The van der Waals surface area contributed by atoms with E-state index in [4.69, 9.17) is 14.2 Å². The zero-order valence-corrected chi connectivity index (χ0v) is 23.3. The summed E-state index contributed by atoms with van der Waals surface area (Å²) in [7, 11) is 0.626. The second kappa shape index (κ2) is 11.7. The maximum Gasteiger partial charge on any atom is 0.308 e. The van der Waals surface area contributed by atoms with Crippen LogP contribution in [0.1, 0.15) is 23.6 Å². The quantitative estimate of drug-likeness (QED) is 0.391. The molecule has 0 aliphatic carbocycles. The average Bonchev–Trinajstić information content (AvgIpc) is 2.92. The van der Waals surface area contributed by atoms with Crippen molar-refractivity contribution in [1.29, 1.82) is 0 Å². The van der Waals surface area contributed by atoms with Crippen LogP contribution in [0, 0.1) is 12.8 Å². The molecular weight excluding hydrogens is 526 g/mol. The summed E-state index contributed by atoms with van der Waals surface area (Å²) in [6.07, 6.45) is 0.286. The van der Waals surface area contributed by atoms with Gasteiger partial charge in [0, 0.05) is 16.7 Å². The standard InChI is InChI=1S/C28H31NO7S2/c1-18-5-12-22(13-6-18)38(32,33)29-17-23(28(30)31)27(37-21-10-8-20(34-2)9-11-21)16-24(29)19-7-14-25(35-3)26(15-19)36-4/h5-15,23-24,27H,16-17H2,1-4H3,(H,30,31)/t23-,24+,27-/m1/s1. The van der Waals surface area contributed by atoms with Crippen LogP contribution >= 0.6 is 11.8 Å². The van der Waals surface area contributed by atoms with Crippen LogP contribution in [0.5, 0.6) is 17.2 Å². The first-order valence-corrected chi connectivity index (χ1v) is 14.3. The Morgan fingerprint density at radius 1 is 0.921 bits per heavy atom. The minimum atomic E-state index is -4.01. The number of benzene rings is 3. The predicted octanol–water partition coefficient (Wildman–Crippen LogP) is 5.02. The summed E-state index contributed by atoms with van der Waals surface area (Å²) in [5.74, 6) is -0.263. The smallest absolute Gasteiger partial charge is 0.308 e. The number of piperidine rings is 1. The van der Waals surface area contributed by atoms with E-state index < -0.39 is 28.0 Å². The number of methoxy groups -OCH3 is 3. The van der Waals surface area contributed by atoms with Crippen LogP contribution < -0.4 is 14.2 Å². The number of aryl methyl sites for hydroxylation is 1. The van der Waals surface area contributed by atoms with Gasteiger partial charge in [0.15, 0.2) is 11.5 Å². The molecule has 10 heteroatoms. The highest BCUT2D eigenvalue weighted by Crippen LogP contribution is 2.45. The number of carboxylic acids is 1. The van der Waals surface area contributed by atoms with E-state index in [-0.39, 0.29) is 23.1 Å². The van der Waals surface area contributed by atoms with Crippen molar-refractivity contribution in [2.75, 3.05) is 27.9 Å². The molecule has 0 amide bonds. The van der Waals surface area contributed by atoms with Crippen LogP contribution in [0.4, 0.5) is 0 Å². The Morgan fingerprint density at radius 2 is 1.58 bits per heavy atom. The van der Waals surface area contributed by atoms with Crippen LogP contribution in [0.2, 0.25) is 0 Å². The van der Waals surface area contributed by atoms with Gasteiger partial charge in [-0.1, -0.05) is 23.8 Å². The molecule has 1 aliphatic rings. The van der Waals surface area contributed by atoms with Crippen molar-refractivity contribution in [2.24, 2.45) is 5.92 Å². The molecule has 0 unspecified atom stereocenters. The molecule has 3 aromatic rings. The minimum Gasteiger partial charge on any atom is -0.497 e. The monoisotopic (exact) mass is 557 g/mol. The van der Waals surface area contributed by atoms with Gasteiger partial charge in [-0.3, -0.25) is 4.79 Å². The molecular formula is C28H31NO7S2. The van der Waals surface area contributed by atoms with Crippen molar-refractivity contribution in [3.8, 4) is 17.2 Å². The van der Waals surface area contributed by atoms with Gasteiger partial charge in [-0.05, 0) is 67.4 Å². The van der Waals surface area contributed by atoms with E-state index in [1.54, 1.807) is 49.6 Å². The average molecular weight is 558 g/mol. The first kappa shape index (κ1) is 27.8. The lowest BCUT2D eigenvalue weighted by molar-refractivity contribution is -0.143. The van der Waals surface area contributed by atoms with Crippen molar-refractivity contribution in [1.82, 2.24) is 4.31 Å². The Labute approximate surface area is 227 Å². The molecule has 4 rings (SSSR count). The topological polar surface area (TPSA) is 102 Å². The predicted molar refractivity (Wildman–Crippen MR) is 146 cm³/mol. The van der Waals surface area contributed by atoms with Crippen LogP contribution in [0.25, 0.3) is 0 Å². The van der Waals surface area contributed by atoms with E-state index >= 15 is 0 Å². The first-order chi connectivity index (χ1) is 18.2. The number of aliphatic carboxylic acids is 1. The highest BCUT2D eigenvalue weighted by Gasteiger charge is 2.45. The van der Waals surface area contributed by atoms with Gasteiger partial charge in [0.05, 0.1) is 38.2 Å². The van der Waals surface area contributed by atoms with Crippen molar-refractivity contribution in [3.05, 3.63) is 77.9 Å². The maximum absolute atomic E-state index is 13.9. The fourth-order valence-corrected chi connectivity index (χ4v) is 7.55. The van der Waals surface area contributed by atoms with Crippen molar-refractivity contribution in [3.63, 3.8) is 0 Å². The number of rotatable bonds is 9. The third-order valence-corrected chi connectivity index (χ3v) is 9.97. The van der Waals surface area contributed by atoms with Crippen LogP contribution in [-0.4, -0.2) is 56.9 Å². The Morgan fingerprint density at radius 3 is 2.16 bits per heavy atom. The lowest BCUT2D eigenvalue weighted by Gasteiger charge is -2.41. The summed E-state index contributed by atoms with van der Waals surface area (Å²) < 4.78 is 45.3. The molecule has 8 nitrogen and oxygen atoms in total. The van der Waals surface area contributed by atoms with Gasteiger partial charge in [0.1, 0.15) is 5.75 Å². The largest absolute Gasteiger partial charge is 0.497 e. The second-order valence-corrected chi connectivity index (χ2v) is 12.2. The Hall–Kier alpha value is -3.21. The highest BCUT2D eigenvalue weighted by atomic mass is 32.2. The molecule has 38 heavy (non-hydrogen) atoms. The molecule has 202 valence electrons. The second-order valence-electron chi connectivity index (χ2n) is 9.03. The molecule has 0 radical (unpaired) electrons. The van der Waals surface area contributed by atoms with Crippen molar-refractivity contribution in [2.45, 2.75) is 34.4 Å². The molecule has 0 aromatic heterocycles. The summed E-state index contributed by atoms with van der Waals surface area (Å²) in [5, 5.41) is 9.79. The number of hydrogen-bond acceptors (Lipinski definition) is 7. The number of carbonyl (C=O) groups is 1. The van der Waals surface area contributed by atoms with Gasteiger partial charge in [-0.25, -0.2) is 8.42 Å². The molecule has 1 fully saturated rings. The van der Waals surface area contributed by atoms with Gasteiger partial charge in [0.2, 0.25) is 10.0 Å². The lowest BCUT2D eigenvalue weighted by Crippen LogP contribution is -2.49. The van der Waals surface area contributed by atoms with Crippen LogP contribution in [-0.2, 0) is 14.8 Å². The van der Waals surface area contributed by atoms with Gasteiger partial charge in [-0.2, -0.15) is 4.31 Å². The third-order valence-electron chi connectivity index (χ3n) is 6.71. The summed E-state index contributed by atoms with van der Waals surface area (Å²) in [6, 6.07) is 18.7. The SMILES string of the molecule is COc1ccc(S[C@@H]2C[C@@H](c3ccc(OC)c(OC)c3)N(S(=O)(=O)c3ccc(C)cc3)C[C@H]2C(=O)O)cc1. The lowest BCUT2D eigenvalue weighted by atomic mass is 9.90. The molecule has 1 aliphatic heterocycles. The molecule has 0 bridgehead atoms. The normalized spacial score (nSPS) is 20.1. The van der Waals surface area contributed by atoms with Crippen molar-refractivity contribution < 1.29 is 32.5 Å². The molecule has 3 atom stereocenters. The Kier molecular flexibility index (Phi) is 8.54. The molecule has 1 N–H and O–H groups in total. The molecule has 3 aromatic carbocycles.